The fraction of sp³-hybridized carbons (Fsp3) is 0.250. The Kier molecular flexibility index (Phi) is 6.59. The molecule has 0 saturated heterocycles. The predicted octanol–water partition coefficient (Wildman–Crippen LogP) is 3.61. The lowest BCUT2D eigenvalue weighted by atomic mass is 10.1. The molecule has 1 aliphatic rings. The first-order chi connectivity index (χ1) is 15.0. The summed E-state index contributed by atoms with van der Waals surface area (Å²) in [5.74, 6) is -0.454. The summed E-state index contributed by atoms with van der Waals surface area (Å²) in [6.45, 7) is -0.469. The van der Waals surface area contributed by atoms with Gasteiger partial charge in [-0.1, -0.05) is 23.7 Å². The molecule has 3 aromatic rings. The van der Waals surface area contributed by atoms with Crippen molar-refractivity contribution in [2.24, 2.45) is 5.10 Å². The molecule has 0 aliphatic carbocycles. The van der Waals surface area contributed by atoms with Gasteiger partial charge in [0, 0.05) is 18.3 Å². The number of hydrazone groups is 1. The van der Waals surface area contributed by atoms with E-state index in [9.17, 15) is 9.59 Å². The van der Waals surface area contributed by atoms with Crippen molar-refractivity contribution in [1.82, 2.24) is 15.2 Å². The Morgan fingerprint density at radius 3 is 2.68 bits per heavy atom. The number of hydrogen-bond acceptors (Lipinski definition) is 9. The van der Waals surface area contributed by atoms with Crippen LogP contribution in [0.2, 0.25) is 5.15 Å². The smallest absolute Gasteiger partial charge is 0.326 e. The zero-order valence-corrected chi connectivity index (χ0v) is 18.9. The molecule has 1 amide bonds. The van der Waals surface area contributed by atoms with E-state index in [0.717, 1.165) is 15.5 Å². The topological polar surface area (TPSA) is 88.0 Å². The number of rotatable bonds is 7. The van der Waals surface area contributed by atoms with Crippen molar-refractivity contribution >= 4 is 57.7 Å². The Bertz CT molecular complexity index is 1070. The highest BCUT2D eigenvalue weighted by molar-refractivity contribution is 7.12. The molecule has 0 fully saturated rings. The number of esters is 1. The standard InChI is InChI=1S/C20H18ClN5O3S2/c1-25(18-7-6-17(21)22-23-18)11-20(28)29-12-19(27)26-14(16-5-3-9-31-16)10-13(24-26)15-4-2-8-30-15/h2-9,14H,10-12H2,1H3. The van der Waals surface area contributed by atoms with Gasteiger partial charge in [0.2, 0.25) is 0 Å². The fourth-order valence-electron chi connectivity index (χ4n) is 3.08. The average Bonchev–Trinajstić information content (AvgIpc) is 3.53. The zero-order chi connectivity index (χ0) is 21.8. The number of hydrogen-bond donors (Lipinski definition) is 0. The molecule has 1 atom stereocenters. The maximum absolute atomic E-state index is 12.9. The fourth-order valence-corrected chi connectivity index (χ4v) is 4.71. The van der Waals surface area contributed by atoms with Crippen LogP contribution in [0, 0.1) is 0 Å². The van der Waals surface area contributed by atoms with Gasteiger partial charge in [-0.25, -0.2) is 5.01 Å². The van der Waals surface area contributed by atoms with Crippen LogP contribution in [0.5, 0.6) is 0 Å². The molecule has 0 saturated carbocycles. The van der Waals surface area contributed by atoms with Crippen molar-refractivity contribution < 1.29 is 14.3 Å². The minimum atomic E-state index is -0.554. The van der Waals surface area contributed by atoms with E-state index in [4.69, 9.17) is 16.3 Å². The van der Waals surface area contributed by atoms with Crippen molar-refractivity contribution in [3.8, 4) is 0 Å². The molecule has 4 rings (SSSR count). The number of nitrogens with zero attached hydrogens (tertiary/aromatic N) is 5. The number of carbonyl (C=O) groups excluding carboxylic acids is 2. The molecule has 0 spiro atoms. The van der Waals surface area contributed by atoms with Gasteiger partial charge in [0.05, 0.1) is 16.6 Å². The second-order valence-corrected chi connectivity index (χ2v) is 9.04. The molecule has 11 heteroatoms. The van der Waals surface area contributed by atoms with Crippen LogP contribution in [0.25, 0.3) is 0 Å². The lowest BCUT2D eigenvalue weighted by molar-refractivity contribution is -0.151. The van der Waals surface area contributed by atoms with Gasteiger partial charge >= 0.3 is 5.97 Å². The first kappa shape index (κ1) is 21.4. The lowest BCUT2D eigenvalue weighted by Crippen LogP contribution is -2.33. The molecule has 0 radical (unpaired) electrons. The minimum absolute atomic E-state index is 0.0817. The number of anilines is 1. The number of halogens is 1. The average molecular weight is 476 g/mol. The SMILES string of the molecule is CN(CC(=O)OCC(=O)N1N=C(c2cccs2)CC1c1cccs1)c1ccc(Cl)nn1. The van der Waals surface area contributed by atoms with E-state index in [1.165, 1.54) is 5.01 Å². The van der Waals surface area contributed by atoms with Gasteiger partial charge in [0.25, 0.3) is 5.91 Å². The third kappa shape index (κ3) is 5.09. The van der Waals surface area contributed by atoms with Crippen molar-refractivity contribution in [3.63, 3.8) is 0 Å². The number of carbonyl (C=O) groups is 2. The summed E-state index contributed by atoms with van der Waals surface area (Å²) >= 11 is 8.88. The van der Waals surface area contributed by atoms with E-state index in [2.05, 4.69) is 15.3 Å². The van der Waals surface area contributed by atoms with Crippen LogP contribution in [0.15, 0.2) is 52.3 Å². The van der Waals surface area contributed by atoms with Gasteiger partial charge in [0.1, 0.15) is 6.54 Å². The maximum Gasteiger partial charge on any atom is 0.326 e. The van der Waals surface area contributed by atoms with Crippen LogP contribution in [0.3, 0.4) is 0 Å². The van der Waals surface area contributed by atoms with Crippen molar-refractivity contribution in [3.05, 3.63) is 62.1 Å². The highest BCUT2D eigenvalue weighted by atomic mass is 35.5. The largest absolute Gasteiger partial charge is 0.454 e. The Morgan fingerprint density at radius 2 is 2.00 bits per heavy atom. The number of amides is 1. The van der Waals surface area contributed by atoms with Crippen LogP contribution < -0.4 is 4.90 Å². The zero-order valence-electron chi connectivity index (χ0n) is 16.5. The monoisotopic (exact) mass is 475 g/mol. The molecule has 0 aromatic carbocycles. The molecule has 3 aromatic heterocycles. The molecule has 4 heterocycles. The molecule has 0 bridgehead atoms. The number of likely N-dealkylation sites (N-methyl/N-ethyl adjacent to an activating group) is 1. The molecule has 1 aliphatic heterocycles. The second-order valence-electron chi connectivity index (χ2n) is 6.73. The van der Waals surface area contributed by atoms with Crippen LogP contribution >= 0.6 is 34.3 Å². The van der Waals surface area contributed by atoms with Crippen molar-refractivity contribution in [2.75, 3.05) is 25.1 Å². The van der Waals surface area contributed by atoms with Gasteiger partial charge in [-0.15, -0.1) is 32.9 Å². The second kappa shape index (κ2) is 9.54. The summed E-state index contributed by atoms with van der Waals surface area (Å²) in [5, 5.41) is 17.8. The van der Waals surface area contributed by atoms with E-state index in [1.54, 1.807) is 46.8 Å². The minimum Gasteiger partial charge on any atom is -0.454 e. The molecular weight excluding hydrogens is 458 g/mol. The number of thiophene rings is 2. The van der Waals surface area contributed by atoms with Gasteiger partial charge < -0.3 is 9.64 Å². The van der Waals surface area contributed by atoms with E-state index in [1.807, 2.05) is 35.0 Å². The first-order valence-corrected chi connectivity index (χ1v) is 11.5. The summed E-state index contributed by atoms with van der Waals surface area (Å²) in [6, 6.07) is 10.9. The molecule has 160 valence electrons. The first-order valence-electron chi connectivity index (χ1n) is 9.34. The lowest BCUT2D eigenvalue weighted by Gasteiger charge is -2.21. The molecular formula is C20H18ClN5O3S2. The van der Waals surface area contributed by atoms with Gasteiger partial charge in [-0.05, 0) is 35.0 Å². The van der Waals surface area contributed by atoms with Crippen molar-refractivity contribution in [2.45, 2.75) is 12.5 Å². The Labute approximate surface area is 191 Å². The Morgan fingerprint density at radius 1 is 1.19 bits per heavy atom. The van der Waals surface area contributed by atoms with Crippen LogP contribution in [0.1, 0.15) is 22.2 Å². The summed E-state index contributed by atoms with van der Waals surface area (Å²) < 4.78 is 5.21. The molecule has 0 N–H and O–H groups in total. The molecule has 8 nitrogen and oxygen atoms in total. The van der Waals surface area contributed by atoms with E-state index < -0.39 is 5.97 Å². The quantitative estimate of drug-likeness (QED) is 0.485. The summed E-state index contributed by atoms with van der Waals surface area (Å²) in [6.07, 6.45) is 0.624. The number of aromatic nitrogens is 2. The Balaban J connectivity index is 1.38. The van der Waals surface area contributed by atoms with E-state index >= 15 is 0 Å². The van der Waals surface area contributed by atoms with Crippen LogP contribution in [0.4, 0.5) is 5.82 Å². The van der Waals surface area contributed by atoms with E-state index in [0.29, 0.717) is 12.2 Å². The Hall–Kier alpha value is -2.82. The number of ether oxygens (including phenoxy) is 1. The summed E-state index contributed by atoms with van der Waals surface area (Å²) in [5.41, 5.74) is 0.856. The van der Waals surface area contributed by atoms with Crippen molar-refractivity contribution in [1.29, 1.82) is 0 Å². The summed E-state index contributed by atoms with van der Waals surface area (Å²) in [4.78, 5) is 28.7. The van der Waals surface area contributed by atoms with Gasteiger partial charge in [-0.3, -0.25) is 9.59 Å². The highest BCUT2D eigenvalue weighted by Gasteiger charge is 2.34. The highest BCUT2D eigenvalue weighted by Crippen LogP contribution is 2.35. The van der Waals surface area contributed by atoms with Crippen LogP contribution in [-0.4, -0.2) is 53.0 Å². The normalized spacial score (nSPS) is 15.6. The third-order valence-electron chi connectivity index (χ3n) is 4.58. The predicted molar refractivity (Wildman–Crippen MR) is 121 cm³/mol. The summed E-state index contributed by atoms with van der Waals surface area (Å²) in [7, 11) is 1.67. The van der Waals surface area contributed by atoms with Crippen LogP contribution in [-0.2, 0) is 14.3 Å². The maximum atomic E-state index is 12.9. The molecule has 31 heavy (non-hydrogen) atoms. The van der Waals surface area contributed by atoms with Gasteiger partial charge in [-0.2, -0.15) is 5.10 Å². The third-order valence-corrected chi connectivity index (χ3v) is 6.67. The van der Waals surface area contributed by atoms with E-state index in [-0.39, 0.29) is 30.3 Å². The van der Waals surface area contributed by atoms with Gasteiger partial charge in [0.15, 0.2) is 17.6 Å². The molecule has 1 unspecified atom stereocenters.